The molecule has 0 radical (unpaired) electrons. The molecule has 0 unspecified atom stereocenters. The van der Waals surface area contributed by atoms with Gasteiger partial charge in [0.15, 0.2) is 0 Å². The minimum Gasteiger partial charge on any atom is -0.469 e. The second-order valence-electron chi connectivity index (χ2n) is 8.22. The van der Waals surface area contributed by atoms with Gasteiger partial charge in [-0.05, 0) is 80.3 Å². The van der Waals surface area contributed by atoms with Gasteiger partial charge >= 0.3 is 5.97 Å². The van der Waals surface area contributed by atoms with E-state index in [0.29, 0.717) is 30.0 Å². The number of unbranched alkanes of at least 4 members (excludes halogenated alkanes) is 1. The molecular formula is C27H29ClN2O4S. The molecule has 0 atom stereocenters. The Balaban J connectivity index is 1.93. The lowest BCUT2D eigenvalue weighted by Crippen LogP contribution is -2.37. The SMILES string of the molecule is COC(=O)CCCC=C(c1ccc(N(C(C)C)S(=O)(=O)c2ccc(Cl)cc2)cc1)c1cccnc1. The van der Waals surface area contributed by atoms with Crippen molar-refractivity contribution < 1.29 is 17.9 Å². The second-order valence-corrected chi connectivity index (χ2v) is 10.5. The number of methoxy groups -OCH3 is 1. The van der Waals surface area contributed by atoms with E-state index in [4.69, 9.17) is 16.3 Å². The number of esters is 1. The molecule has 184 valence electrons. The molecule has 3 rings (SSSR count). The van der Waals surface area contributed by atoms with Crippen molar-refractivity contribution >= 4 is 38.9 Å². The lowest BCUT2D eigenvalue weighted by atomic mass is 9.97. The lowest BCUT2D eigenvalue weighted by molar-refractivity contribution is -0.140. The van der Waals surface area contributed by atoms with Gasteiger partial charge < -0.3 is 4.74 Å². The Kier molecular flexibility index (Phi) is 9.07. The number of sulfonamides is 1. The normalized spacial score (nSPS) is 12.0. The molecule has 2 aromatic carbocycles. The number of rotatable bonds is 10. The Hall–Kier alpha value is -3.16. The molecular weight excluding hydrogens is 484 g/mol. The predicted molar refractivity (Wildman–Crippen MR) is 140 cm³/mol. The number of allylic oxidation sites excluding steroid dienone is 1. The predicted octanol–water partition coefficient (Wildman–Crippen LogP) is 6.11. The van der Waals surface area contributed by atoms with E-state index >= 15 is 0 Å². The van der Waals surface area contributed by atoms with Crippen molar-refractivity contribution in [1.82, 2.24) is 4.98 Å². The molecule has 0 saturated heterocycles. The Bertz CT molecular complexity index is 1260. The highest BCUT2D eigenvalue weighted by atomic mass is 35.5. The average Bonchev–Trinajstić information content (AvgIpc) is 2.85. The van der Waals surface area contributed by atoms with Gasteiger partial charge in [0.2, 0.25) is 0 Å². The van der Waals surface area contributed by atoms with Crippen LogP contribution in [0.25, 0.3) is 5.57 Å². The number of anilines is 1. The highest BCUT2D eigenvalue weighted by molar-refractivity contribution is 7.92. The third-order valence-electron chi connectivity index (χ3n) is 5.41. The number of hydrogen-bond acceptors (Lipinski definition) is 5. The molecule has 0 bridgehead atoms. The number of carbonyl (C=O) groups excluding carboxylic acids is 1. The first kappa shape index (κ1) is 26.4. The molecule has 1 aromatic heterocycles. The fourth-order valence-electron chi connectivity index (χ4n) is 3.74. The van der Waals surface area contributed by atoms with Crippen molar-refractivity contribution in [2.24, 2.45) is 0 Å². The summed E-state index contributed by atoms with van der Waals surface area (Å²) < 4.78 is 32.9. The summed E-state index contributed by atoms with van der Waals surface area (Å²) in [7, 11) is -2.39. The van der Waals surface area contributed by atoms with Crippen molar-refractivity contribution in [2.45, 2.75) is 44.0 Å². The zero-order valence-electron chi connectivity index (χ0n) is 20.0. The van der Waals surface area contributed by atoms with E-state index in [1.165, 1.54) is 23.5 Å². The van der Waals surface area contributed by atoms with Crippen LogP contribution in [0, 0.1) is 0 Å². The van der Waals surface area contributed by atoms with Crippen LogP contribution in [0.2, 0.25) is 5.02 Å². The molecule has 0 spiro atoms. The van der Waals surface area contributed by atoms with Gasteiger partial charge in [0.25, 0.3) is 10.0 Å². The van der Waals surface area contributed by atoms with E-state index in [1.54, 1.807) is 24.5 Å². The quantitative estimate of drug-likeness (QED) is 0.242. The maximum atomic E-state index is 13.4. The highest BCUT2D eigenvalue weighted by Gasteiger charge is 2.27. The van der Waals surface area contributed by atoms with E-state index in [1.807, 2.05) is 50.2 Å². The van der Waals surface area contributed by atoms with Gasteiger partial charge in [-0.1, -0.05) is 35.9 Å². The molecule has 35 heavy (non-hydrogen) atoms. The molecule has 0 aliphatic carbocycles. The van der Waals surface area contributed by atoms with Crippen LogP contribution in [0.3, 0.4) is 0 Å². The topological polar surface area (TPSA) is 76.6 Å². The Morgan fingerprint density at radius 2 is 1.74 bits per heavy atom. The minimum absolute atomic E-state index is 0.182. The molecule has 0 aliphatic heterocycles. The molecule has 0 saturated carbocycles. The molecule has 3 aromatic rings. The maximum absolute atomic E-state index is 13.4. The van der Waals surface area contributed by atoms with Crippen LogP contribution in [0.5, 0.6) is 0 Å². The summed E-state index contributed by atoms with van der Waals surface area (Å²) in [6, 6.07) is 17.1. The van der Waals surface area contributed by atoms with Gasteiger partial charge in [-0.2, -0.15) is 0 Å². The Morgan fingerprint density at radius 3 is 2.31 bits per heavy atom. The van der Waals surface area contributed by atoms with Crippen LogP contribution < -0.4 is 4.31 Å². The van der Waals surface area contributed by atoms with Crippen LogP contribution in [0.15, 0.2) is 84.0 Å². The van der Waals surface area contributed by atoms with E-state index in [-0.39, 0.29) is 16.9 Å². The summed E-state index contributed by atoms with van der Waals surface area (Å²) in [5, 5.41) is 0.478. The van der Waals surface area contributed by atoms with E-state index in [0.717, 1.165) is 16.7 Å². The van der Waals surface area contributed by atoms with Gasteiger partial charge in [-0.25, -0.2) is 8.42 Å². The highest BCUT2D eigenvalue weighted by Crippen LogP contribution is 2.30. The van der Waals surface area contributed by atoms with E-state index in [2.05, 4.69) is 11.1 Å². The molecule has 0 N–H and O–H groups in total. The van der Waals surface area contributed by atoms with Gasteiger partial charge in [0, 0.05) is 35.4 Å². The zero-order chi connectivity index (χ0) is 25.4. The standard InChI is InChI=1S/C27H29ClN2O4S/c1-20(2)30(35(32,33)25-16-12-23(28)13-17-25)24-14-10-21(11-15-24)26(22-7-6-18-29-19-22)8-4-5-9-27(31)34-3/h6-8,10-20H,4-5,9H2,1-3H3. The summed E-state index contributed by atoms with van der Waals surface area (Å²) in [5.41, 5.74) is 3.39. The number of nitrogens with zero attached hydrogens (tertiary/aromatic N) is 2. The number of benzene rings is 2. The number of carbonyl (C=O) groups is 1. The van der Waals surface area contributed by atoms with Gasteiger partial charge in [0.1, 0.15) is 0 Å². The second kappa shape index (κ2) is 12.0. The summed E-state index contributed by atoms with van der Waals surface area (Å²) in [4.78, 5) is 15.9. The lowest BCUT2D eigenvalue weighted by Gasteiger charge is -2.28. The molecule has 1 heterocycles. The van der Waals surface area contributed by atoms with Crippen LogP contribution in [0.4, 0.5) is 5.69 Å². The number of pyridine rings is 1. The number of ether oxygens (including phenoxy) is 1. The number of hydrogen-bond donors (Lipinski definition) is 0. The summed E-state index contributed by atoms with van der Waals surface area (Å²) in [6.07, 6.45) is 7.26. The van der Waals surface area contributed by atoms with Crippen molar-refractivity contribution in [3.05, 3.63) is 95.3 Å². The fourth-order valence-corrected chi connectivity index (χ4v) is 5.53. The van der Waals surface area contributed by atoms with Crippen LogP contribution in [0.1, 0.15) is 44.2 Å². The summed E-state index contributed by atoms with van der Waals surface area (Å²) in [6.45, 7) is 3.67. The largest absolute Gasteiger partial charge is 0.469 e. The molecule has 0 amide bonds. The Morgan fingerprint density at radius 1 is 1.06 bits per heavy atom. The molecule has 0 aliphatic rings. The first-order chi connectivity index (χ1) is 16.7. The van der Waals surface area contributed by atoms with Crippen LogP contribution in [-0.4, -0.2) is 32.5 Å². The van der Waals surface area contributed by atoms with Crippen molar-refractivity contribution in [3.8, 4) is 0 Å². The smallest absolute Gasteiger partial charge is 0.305 e. The summed E-state index contributed by atoms with van der Waals surface area (Å²) in [5.74, 6) is -0.235. The average molecular weight is 513 g/mol. The third-order valence-corrected chi connectivity index (χ3v) is 7.68. The van der Waals surface area contributed by atoms with Gasteiger partial charge in [-0.3, -0.25) is 14.1 Å². The van der Waals surface area contributed by atoms with Crippen LogP contribution in [-0.2, 0) is 19.6 Å². The number of halogens is 1. The first-order valence-corrected chi connectivity index (χ1v) is 13.1. The zero-order valence-corrected chi connectivity index (χ0v) is 21.6. The monoisotopic (exact) mass is 512 g/mol. The minimum atomic E-state index is -3.78. The molecule has 0 fully saturated rings. The van der Waals surface area contributed by atoms with Crippen molar-refractivity contribution in [1.29, 1.82) is 0 Å². The van der Waals surface area contributed by atoms with E-state index < -0.39 is 10.0 Å². The third kappa shape index (κ3) is 6.71. The van der Waals surface area contributed by atoms with E-state index in [9.17, 15) is 13.2 Å². The molecule has 6 nitrogen and oxygen atoms in total. The van der Waals surface area contributed by atoms with Gasteiger partial charge in [0.05, 0.1) is 17.7 Å². The molecule has 8 heteroatoms. The van der Waals surface area contributed by atoms with Crippen molar-refractivity contribution in [2.75, 3.05) is 11.4 Å². The summed E-state index contributed by atoms with van der Waals surface area (Å²) >= 11 is 5.95. The van der Waals surface area contributed by atoms with Crippen molar-refractivity contribution in [3.63, 3.8) is 0 Å². The van der Waals surface area contributed by atoms with Gasteiger partial charge in [-0.15, -0.1) is 0 Å². The Labute approximate surface area is 212 Å². The number of aromatic nitrogens is 1. The first-order valence-electron chi connectivity index (χ1n) is 11.3. The maximum Gasteiger partial charge on any atom is 0.305 e. The fraction of sp³-hybridized carbons (Fsp3) is 0.259. The van der Waals surface area contributed by atoms with Crippen LogP contribution >= 0.6 is 11.6 Å².